The molecule has 146 valence electrons. The highest BCUT2D eigenvalue weighted by Gasteiger charge is 2.61. The normalized spacial score (nSPS) is 28.2. The standard InChI is InChI=1S/C20H25FN2O4/c1-19(2,3)27-18(26)23-14(12-8-6-5-7-9-12)15(20(4,21)17(23)25)22-16(24)13-10-11-13/h5-9,13-15H,10-11H2,1-4H3,(H,22,24)/t14-,15?,20?/m1/s1. The third-order valence-electron chi connectivity index (χ3n) is 4.79. The maximum absolute atomic E-state index is 15.5. The highest BCUT2D eigenvalue weighted by atomic mass is 19.1. The Balaban J connectivity index is 2.01. The van der Waals surface area contributed by atoms with E-state index in [1.165, 1.54) is 0 Å². The summed E-state index contributed by atoms with van der Waals surface area (Å²) in [5.74, 6) is -1.45. The zero-order valence-corrected chi connectivity index (χ0v) is 16.0. The van der Waals surface area contributed by atoms with E-state index >= 15 is 4.39 Å². The van der Waals surface area contributed by atoms with E-state index in [9.17, 15) is 14.4 Å². The number of alkyl halides is 1. The third-order valence-corrected chi connectivity index (χ3v) is 4.79. The van der Waals surface area contributed by atoms with Crippen molar-refractivity contribution in [2.45, 2.75) is 63.9 Å². The Labute approximate surface area is 158 Å². The van der Waals surface area contributed by atoms with Gasteiger partial charge in [-0.05, 0) is 46.1 Å². The van der Waals surface area contributed by atoms with Gasteiger partial charge in [-0.2, -0.15) is 0 Å². The van der Waals surface area contributed by atoms with Gasteiger partial charge in [0.25, 0.3) is 5.91 Å². The van der Waals surface area contributed by atoms with Gasteiger partial charge in [0.05, 0.1) is 12.1 Å². The summed E-state index contributed by atoms with van der Waals surface area (Å²) >= 11 is 0. The van der Waals surface area contributed by atoms with E-state index in [2.05, 4.69) is 5.32 Å². The average Bonchev–Trinajstić information content (AvgIpc) is 3.38. The van der Waals surface area contributed by atoms with Crippen molar-refractivity contribution in [2.24, 2.45) is 5.92 Å². The molecule has 1 aromatic carbocycles. The maximum atomic E-state index is 15.5. The number of likely N-dealkylation sites (tertiary alicyclic amines) is 1. The molecule has 1 saturated heterocycles. The topological polar surface area (TPSA) is 75.7 Å². The van der Waals surface area contributed by atoms with E-state index < -0.39 is 35.4 Å². The first-order valence-corrected chi connectivity index (χ1v) is 9.13. The number of nitrogens with one attached hydrogen (secondary N) is 1. The molecule has 0 aromatic heterocycles. The summed E-state index contributed by atoms with van der Waals surface area (Å²) in [6.45, 7) is 6.12. The molecule has 1 aliphatic heterocycles. The number of hydrogen-bond acceptors (Lipinski definition) is 4. The second-order valence-corrected chi connectivity index (χ2v) is 8.35. The van der Waals surface area contributed by atoms with E-state index in [0.717, 1.165) is 24.7 Å². The van der Waals surface area contributed by atoms with Crippen molar-refractivity contribution in [3.8, 4) is 0 Å². The van der Waals surface area contributed by atoms with Crippen molar-refractivity contribution in [1.29, 1.82) is 0 Å². The number of hydrogen-bond donors (Lipinski definition) is 1. The molecule has 3 rings (SSSR count). The van der Waals surface area contributed by atoms with Crippen LogP contribution in [0, 0.1) is 5.92 Å². The summed E-state index contributed by atoms with van der Waals surface area (Å²) < 4.78 is 20.8. The SMILES string of the molecule is CC(C)(C)OC(=O)N1C(=O)C(C)(F)C(NC(=O)C2CC2)[C@H]1c1ccccc1. The monoisotopic (exact) mass is 376 g/mol. The minimum atomic E-state index is -2.43. The smallest absolute Gasteiger partial charge is 0.417 e. The Morgan fingerprint density at radius 1 is 1.22 bits per heavy atom. The van der Waals surface area contributed by atoms with Gasteiger partial charge >= 0.3 is 6.09 Å². The molecule has 0 bridgehead atoms. The minimum absolute atomic E-state index is 0.150. The second kappa shape index (κ2) is 6.62. The van der Waals surface area contributed by atoms with Crippen molar-refractivity contribution in [2.75, 3.05) is 0 Å². The zero-order valence-electron chi connectivity index (χ0n) is 16.0. The van der Waals surface area contributed by atoms with E-state index in [1.807, 2.05) is 0 Å². The van der Waals surface area contributed by atoms with Crippen LogP contribution in [0.5, 0.6) is 0 Å². The lowest BCUT2D eigenvalue weighted by Crippen LogP contribution is -2.50. The van der Waals surface area contributed by atoms with E-state index in [4.69, 9.17) is 4.74 Å². The molecule has 0 spiro atoms. The van der Waals surface area contributed by atoms with Crippen LogP contribution < -0.4 is 5.32 Å². The lowest BCUT2D eigenvalue weighted by molar-refractivity contribution is -0.137. The zero-order chi connectivity index (χ0) is 20.0. The van der Waals surface area contributed by atoms with Crippen LogP contribution in [0.15, 0.2) is 30.3 Å². The van der Waals surface area contributed by atoms with E-state index in [-0.39, 0.29) is 11.8 Å². The molecular formula is C20H25FN2O4. The Morgan fingerprint density at radius 2 is 1.81 bits per heavy atom. The number of carbonyl (C=O) groups is 3. The van der Waals surface area contributed by atoms with Crippen LogP contribution in [0.1, 0.15) is 52.1 Å². The van der Waals surface area contributed by atoms with Crippen molar-refractivity contribution in [3.63, 3.8) is 0 Å². The van der Waals surface area contributed by atoms with Gasteiger partial charge in [0.15, 0.2) is 0 Å². The highest BCUT2D eigenvalue weighted by molar-refractivity contribution is 6.01. The molecule has 1 N–H and O–H groups in total. The van der Waals surface area contributed by atoms with Crippen LogP contribution in [0.25, 0.3) is 0 Å². The number of benzene rings is 1. The fraction of sp³-hybridized carbons (Fsp3) is 0.550. The van der Waals surface area contributed by atoms with Gasteiger partial charge in [-0.1, -0.05) is 30.3 Å². The van der Waals surface area contributed by atoms with Crippen molar-refractivity contribution < 1.29 is 23.5 Å². The number of imide groups is 1. The molecule has 7 heteroatoms. The predicted molar refractivity (Wildman–Crippen MR) is 96.4 cm³/mol. The number of rotatable bonds is 3. The fourth-order valence-corrected chi connectivity index (χ4v) is 3.27. The lowest BCUT2D eigenvalue weighted by atomic mass is 9.92. The molecule has 1 aromatic rings. The number of halogens is 1. The molecule has 2 aliphatic rings. The number of carbonyl (C=O) groups excluding carboxylic acids is 3. The first kappa shape index (κ1) is 19.3. The number of nitrogens with zero attached hydrogens (tertiary/aromatic N) is 1. The van der Waals surface area contributed by atoms with Crippen LogP contribution in [-0.2, 0) is 14.3 Å². The van der Waals surface area contributed by atoms with Crippen molar-refractivity contribution >= 4 is 17.9 Å². The van der Waals surface area contributed by atoms with Gasteiger partial charge in [-0.25, -0.2) is 14.1 Å². The summed E-state index contributed by atoms with van der Waals surface area (Å²) in [6, 6.07) is 6.49. The molecule has 1 heterocycles. The molecule has 1 saturated carbocycles. The summed E-state index contributed by atoms with van der Waals surface area (Å²) in [6.07, 6.45) is 0.580. The molecule has 6 nitrogen and oxygen atoms in total. The van der Waals surface area contributed by atoms with Crippen molar-refractivity contribution in [1.82, 2.24) is 10.2 Å². The Hall–Kier alpha value is -2.44. The highest BCUT2D eigenvalue weighted by Crippen LogP contribution is 2.43. The van der Waals surface area contributed by atoms with Gasteiger partial charge in [0.1, 0.15) is 5.60 Å². The first-order valence-electron chi connectivity index (χ1n) is 9.13. The molecule has 3 atom stereocenters. The molecule has 1 aliphatic carbocycles. The number of amides is 3. The van der Waals surface area contributed by atoms with Gasteiger partial charge < -0.3 is 10.1 Å². The number of ether oxygens (including phenoxy) is 1. The van der Waals surface area contributed by atoms with Gasteiger partial charge in [0, 0.05) is 5.92 Å². The van der Waals surface area contributed by atoms with Crippen LogP contribution in [0.4, 0.5) is 9.18 Å². The van der Waals surface area contributed by atoms with Crippen LogP contribution in [-0.4, -0.2) is 40.1 Å². The van der Waals surface area contributed by atoms with Gasteiger partial charge in [-0.15, -0.1) is 0 Å². The fourth-order valence-electron chi connectivity index (χ4n) is 3.27. The molecule has 27 heavy (non-hydrogen) atoms. The molecule has 0 radical (unpaired) electrons. The maximum Gasteiger partial charge on any atom is 0.417 e. The van der Waals surface area contributed by atoms with E-state index in [1.54, 1.807) is 51.1 Å². The minimum Gasteiger partial charge on any atom is -0.443 e. The predicted octanol–water partition coefficient (Wildman–Crippen LogP) is 3.13. The van der Waals surface area contributed by atoms with E-state index in [0.29, 0.717) is 5.56 Å². The summed E-state index contributed by atoms with van der Waals surface area (Å²) in [5.41, 5.74) is -2.72. The summed E-state index contributed by atoms with van der Waals surface area (Å²) in [5, 5.41) is 2.67. The Kier molecular flexibility index (Phi) is 4.74. The van der Waals surface area contributed by atoms with Crippen LogP contribution in [0.2, 0.25) is 0 Å². The van der Waals surface area contributed by atoms with Gasteiger partial charge in [0.2, 0.25) is 11.6 Å². The molecule has 2 fully saturated rings. The second-order valence-electron chi connectivity index (χ2n) is 8.35. The Morgan fingerprint density at radius 3 is 2.33 bits per heavy atom. The van der Waals surface area contributed by atoms with Gasteiger partial charge in [-0.3, -0.25) is 9.59 Å². The van der Waals surface area contributed by atoms with Crippen LogP contribution in [0.3, 0.4) is 0 Å². The summed E-state index contributed by atoms with van der Waals surface area (Å²) in [7, 11) is 0. The summed E-state index contributed by atoms with van der Waals surface area (Å²) in [4.78, 5) is 38.7. The first-order chi connectivity index (χ1) is 12.5. The van der Waals surface area contributed by atoms with Crippen molar-refractivity contribution in [3.05, 3.63) is 35.9 Å². The lowest BCUT2D eigenvalue weighted by Gasteiger charge is -2.30. The largest absolute Gasteiger partial charge is 0.443 e. The molecular weight excluding hydrogens is 351 g/mol. The van der Waals surface area contributed by atoms with Crippen LogP contribution >= 0.6 is 0 Å². The molecule has 2 unspecified atom stereocenters. The average molecular weight is 376 g/mol. The quantitative estimate of drug-likeness (QED) is 0.879. The molecule has 3 amide bonds. The third kappa shape index (κ3) is 3.82. The Bertz CT molecular complexity index is 753.